The van der Waals surface area contributed by atoms with Gasteiger partial charge in [-0.05, 0) is 17.7 Å². The van der Waals surface area contributed by atoms with Gasteiger partial charge >= 0.3 is 0 Å². The molecule has 0 amide bonds. The fourth-order valence-electron chi connectivity index (χ4n) is 1.44. The van der Waals surface area contributed by atoms with Crippen LogP contribution in [0.25, 0.3) is 0 Å². The average Bonchev–Trinajstić information content (AvgIpc) is 2.90. The van der Waals surface area contributed by atoms with Gasteiger partial charge in [0.15, 0.2) is 12.4 Å². The van der Waals surface area contributed by atoms with Crippen LogP contribution in [0.15, 0.2) is 24.3 Å². The number of aromatic amines is 1. The van der Waals surface area contributed by atoms with E-state index in [2.05, 4.69) is 25.9 Å². The smallest absolute Gasteiger partial charge is 0.188 e. The molecule has 1 heterocycles. The zero-order chi connectivity index (χ0) is 12.6. The zero-order valence-electron chi connectivity index (χ0n) is 9.63. The summed E-state index contributed by atoms with van der Waals surface area (Å²) in [5, 5.41) is 25.1. The van der Waals surface area contributed by atoms with Crippen molar-refractivity contribution >= 4 is 0 Å². The van der Waals surface area contributed by atoms with Crippen LogP contribution in [0.3, 0.4) is 0 Å². The van der Waals surface area contributed by atoms with E-state index < -0.39 is 0 Å². The van der Waals surface area contributed by atoms with E-state index in [0.29, 0.717) is 24.7 Å². The van der Waals surface area contributed by atoms with Crippen molar-refractivity contribution in [3.63, 3.8) is 0 Å². The van der Waals surface area contributed by atoms with Crippen molar-refractivity contribution < 1.29 is 4.74 Å². The van der Waals surface area contributed by atoms with E-state index in [0.717, 1.165) is 5.56 Å². The summed E-state index contributed by atoms with van der Waals surface area (Å²) in [5.74, 6) is 1.31. The molecule has 92 valence electrons. The molecule has 1 aromatic carbocycles. The van der Waals surface area contributed by atoms with Crippen molar-refractivity contribution in [2.24, 2.45) is 0 Å². The fourth-order valence-corrected chi connectivity index (χ4v) is 1.44. The second kappa shape index (κ2) is 6.32. The summed E-state index contributed by atoms with van der Waals surface area (Å²) < 4.78 is 5.22. The summed E-state index contributed by atoms with van der Waals surface area (Å²) >= 11 is 0. The van der Waals surface area contributed by atoms with E-state index in [1.807, 2.05) is 30.3 Å². The first kappa shape index (κ1) is 12.0. The van der Waals surface area contributed by atoms with Crippen LogP contribution in [0.2, 0.25) is 0 Å². The second-order valence-corrected chi connectivity index (χ2v) is 3.53. The van der Waals surface area contributed by atoms with Crippen LogP contribution < -0.4 is 10.1 Å². The highest BCUT2D eigenvalue weighted by molar-refractivity contribution is 5.28. The maximum Gasteiger partial charge on any atom is 0.188 e. The molecule has 0 aliphatic heterocycles. The number of benzene rings is 1. The molecule has 0 spiro atoms. The fraction of sp³-hybridized carbons (Fsp3) is 0.273. The molecule has 0 fully saturated rings. The zero-order valence-corrected chi connectivity index (χ0v) is 9.63. The topological polar surface area (TPSA) is 99.5 Å². The molecule has 7 heteroatoms. The van der Waals surface area contributed by atoms with Gasteiger partial charge < -0.3 is 10.1 Å². The highest BCUT2D eigenvalue weighted by atomic mass is 16.5. The number of hydrogen-bond donors (Lipinski definition) is 2. The van der Waals surface area contributed by atoms with E-state index in [9.17, 15) is 0 Å². The van der Waals surface area contributed by atoms with Crippen LogP contribution >= 0.6 is 0 Å². The first-order valence-electron chi connectivity index (χ1n) is 5.40. The Bertz CT molecular complexity index is 519. The van der Waals surface area contributed by atoms with Gasteiger partial charge in [0.05, 0.1) is 6.54 Å². The largest absolute Gasteiger partial charge is 0.479 e. The number of aromatic nitrogens is 4. The lowest BCUT2D eigenvalue weighted by Crippen LogP contribution is -2.13. The number of nitriles is 1. The quantitative estimate of drug-likeness (QED) is 0.762. The number of tetrazole rings is 1. The van der Waals surface area contributed by atoms with Crippen LogP contribution in [0.5, 0.6) is 5.75 Å². The Hall–Kier alpha value is -2.46. The van der Waals surface area contributed by atoms with Crippen LogP contribution in [0.1, 0.15) is 11.4 Å². The molecule has 0 aliphatic rings. The molecule has 0 bridgehead atoms. The SMILES string of the molecule is N#CCOc1cccc(CNCc2nn[nH]n2)c1. The molecule has 0 unspecified atom stereocenters. The Morgan fingerprint density at radius 3 is 3.11 bits per heavy atom. The lowest BCUT2D eigenvalue weighted by molar-refractivity contribution is 0.367. The highest BCUT2D eigenvalue weighted by Crippen LogP contribution is 2.12. The van der Waals surface area contributed by atoms with Gasteiger partial charge in [-0.25, -0.2) is 0 Å². The van der Waals surface area contributed by atoms with E-state index in [1.165, 1.54) is 0 Å². The van der Waals surface area contributed by atoms with E-state index >= 15 is 0 Å². The minimum atomic E-state index is 0.0553. The third-order valence-electron chi connectivity index (χ3n) is 2.20. The monoisotopic (exact) mass is 244 g/mol. The first-order chi connectivity index (χ1) is 8.88. The Morgan fingerprint density at radius 1 is 1.39 bits per heavy atom. The van der Waals surface area contributed by atoms with Crippen LogP contribution in [0, 0.1) is 11.3 Å². The molecule has 2 N–H and O–H groups in total. The molecule has 0 saturated heterocycles. The molecular weight excluding hydrogens is 232 g/mol. The minimum absolute atomic E-state index is 0.0553. The first-order valence-corrected chi connectivity index (χ1v) is 5.40. The molecule has 0 saturated carbocycles. The Labute approximate surface area is 104 Å². The lowest BCUT2D eigenvalue weighted by atomic mass is 10.2. The minimum Gasteiger partial charge on any atom is -0.479 e. The molecule has 2 aromatic rings. The van der Waals surface area contributed by atoms with Crippen molar-refractivity contribution in [3.05, 3.63) is 35.7 Å². The normalized spacial score (nSPS) is 9.94. The van der Waals surface area contributed by atoms with E-state index in [1.54, 1.807) is 0 Å². The molecule has 7 nitrogen and oxygen atoms in total. The van der Waals surface area contributed by atoms with Crippen molar-refractivity contribution in [1.82, 2.24) is 25.9 Å². The Morgan fingerprint density at radius 2 is 2.33 bits per heavy atom. The number of ether oxygens (including phenoxy) is 1. The Kier molecular flexibility index (Phi) is 4.22. The van der Waals surface area contributed by atoms with Gasteiger partial charge in [-0.3, -0.25) is 0 Å². The van der Waals surface area contributed by atoms with Gasteiger partial charge in [0.2, 0.25) is 0 Å². The maximum absolute atomic E-state index is 8.43. The van der Waals surface area contributed by atoms with Crippen molar-refractivity contribution in [1.29, 1.82) is 5.26 Å². The van der Waals surface area contributed by atoms with Gasteiger partial charge in [-0.15, -0.1) is 10.2 Å². The predicted octanol–water partition coefficient (Wildman–Crippen LogP) is 0.392. The van der Waals surface area contributed by atoms with Gasteiger partial charge in [-0.1, -0.05) is 17.3 Å². The van der Waals surface area contributed by atoms with Crippen molar-refractivity contribution in [3.8, 4) is 11.8 Å². The maximum atomic E-state index is 8.43. The molecular formula is C11H12N6O. The van der Waals surface area contributed by atoms with Gasteiger partial charge in [-0.2, -0.15) is 10.5 Å². The van der Waals surface area contributed by atoms with Crippen LogP contribution in [-0.4, -0.2) is 27.2 Å². The number of H-pyrrole nitrogens is 1. The standard InChI is InChI=1S/C11H12N6O/c12-4-5-18-10-3-1-2-9(6-10)7-13-8-11-14-16-17-15-11/h1-3,6,13H,5,7-8H2,(H,14,15,16,17). The molecule has 2 rings (SSSR count). The van der Waals surface area contributed by atoms with Crippen LogP contribution in [-0.2, 0) is 13.1 Å². The number of hydrogen-bond acceptors (Lipinski definition) is 6. The van der Waals surface area contributed by atoms with Gasteiger partial charge in [0.25, 0.3) is 0 Å². The predicted molar refractivity (Wildman–Crippen MR) is 62.3 cm³/mol. The van der Waals surface area contributed by atoms with Crippen molar-refractivity contribution in [2.45, 2.75) is 13.1 Å². The van der Waals surface area contributed by atoms with Gasteiger partial charge in [0, 0.05) is 6.54 Å². The molecule has 1 aromatic heterocycles. The number of rotatable bonds is 6. The molecule has 0 radical (unpaired) electrons. The summed E-state index contributed by atoms with van der Waals surface area (Å²) in [7, 11) is 0. The molecule has 0 aliphatic carbocycles. The molecule has 0 atom stereocenters. The molecule has 18 heavy (non-hydrogen) atoms. The summed E-state index contributed by atoms with van der Waals surface area (Å²) in [6.07, 6.45) is 0. The Balaban J connectivity index is 1.83. The summed E-state index contributed by atoms with van der Waals surface area (Å²) in [4.78, 5) is 0. The average molecular weight is 244 g/mol. The third kappa shape index (κ3) is 3.54. The number of nitrogens with zero attached hydrogens (tertiary/aromatic N) is 4. The highest BCUT2D eigenvalue weighted by Gasteiger charge is 1.99. The van der Waals surface area contributed by atoms with Gasteiger partial charge in [0.1, 0.15) is 11.8 Å². The van der Waals surface area contributed by atoms with Crippen molar-refractivity contribution in [2.75, 3.05) is 6.61 Å². The summed E-state index contributed by atoms with van der Waals surface area (Å²) in [5.41, 5.74) is 1.06. The second-order valence-electron chi connectivity index (χ2n) is 3.53. The van der Waals surface area contributed by atoms with E-state index in [-0.39, 0.29) is 6.61 Å². The third-order valence-corrected chi connectivity index (χ3v) is 2.20. The summed E-state index contributed by atoms with van der Waals surface area (Å²) in [6, 6.07) is 9.50. The number of nitrogens with one attached hydrogen (secondary N) is 2. The van der Waals surface area contributed by atoms with Crippen LogP contribution in [0.4, 0.5) is 0 Å². The lowest BCUT2D eigenvalue weighted by Gasteiger charge is -2.05. The summed E-state index contributed by atoms with van der Waals surface area (Å²) in [6.45, 7) is 1.26. The van der Waals surface area contributed by atoms with E-state index in [4.69, 9.17) is 10.00 Å².